The molecule has 1 heterocycles. The number of carbonyl (C=O) groups is 2. The van der Waals surface area contributed by atoms with Crippen molar-refractivity contribution < 1.29 is 14.0 Å². The Labute approximate surface area is 169 Å². The molecule has 0 bridgehead atoms. The quantitative estimate of drug-likeness (QED) is 0.699. The number of carbonyl (C=O) groups excluding carboxylic acids is 2. The lowest BCUT2D eigenvalue weighted by atomic mass is 9.67. The lowest BCUT2D eigenvalue weighted by Gasteiger charge is -2.36. The molecule has 2 aromatic rings. The molecule has 2 fully saturated rings. The minimum Gasteiger partial charge on any atom is -0.312 e. The largest absolute Gasteiger partial charge is 0.312 e. The molecule has 0 radical (unpaired) electrons. The van der Waals surface area contributed by atoms with Crippen LogP contribution in [0.15, 0.2) is 48.5 Å². The molecule has 0 unspecified atom stereocenters. The molecule has 29 heavy (non-hydrogen) atoms. The molecule has 1 aliphatic heterocycles. The van der Waals surface area contributed by atoms with Gasteiger partial charge in [-0.05, 0) is 61.9 Å². The first-order valence-electron chi connectivity index (χ1n) is 10.1. The first-order valence-corrected chi connectivity index (χ1v) is 10.1. The number of ketones is 1. The van der Waals surface area contributed by atoms with Crippen LogP contribution in [0, 0.1) is 28.5 Å². The maximum absolute atomic E-state index is 13.4. The number of halogens is 1. The predicted octanol–water partition coefficient (Wildman–Crippen LogP) is 4.88. The summed E-state index contributed by atoms with van der Waals surface area (Å²) in [6.07, 6.45) is 4.49. The second kappa shape index (κ2) is 7.79. The van der Waals surface area contributed by atoms with Crippen LogP contribution in [0.2, 0.25) is 0 Å². The van der Waals surface area contributed by atoms with Gasteiger partial charge in [-0.15, -0.1) is 0 Å². The van der Waals surface area contributed by atoms with Crippen LogP contribution < -0.4 is 4.90 Å². The van der Waals surface area contributed by atoms with Crippen LogP contribution in [0.25, 0.3) is 0 Å². The van der Waals surface area contributed by atoms with Crippen LogP contribution in [0.1, 0.15) is 54.4 Å². The fraction of sp³-hybridized carbons (Fsp3) is 0.375. The van der Waals surface area contributed by atoms with Crippen molar-refractivity contribution in [3.63, 3.8) is 0 Å². The minimum atomic E-state index is -0.423. The van der Waals surface area contributed by atoms with Gasteiger partial charge in [0.25, 0.3) is 0 Å². The van der Waals surface area contributed by atoms with Gasteiger partial charge in [-0.2, -0.15) is 5.26 Å². The van der Waals surface area contributed by atoms with E-state index < -0.39 is 11.2 Å². The smallest absolute Gasteiger partial charge is 0.233 e. The van der Waals surface area contributed by atoms with Crippen molar-refractivity contribution in [3.8, 4) is 6.07 Å². The van der Waals surface area contributed by atoms with Crippen LogP contribution in [-0.4, -0.2) is 18.2 Å². The van der Waals surface area contributed by atoms with E-state index in [9.17, 15) is 14.0 Å². The predicted molar refractivity (Wildman–Crippen MR) is 108 cm³/mol. The van der Waals surface area contributed by atoms with Crippen molar-refractivity contribution in [3.05, 3.63) is 65.5 Å². The van der Waals surface area contributed by atoms with Gasteiger partial charge in [-0.3, -0.25) is 9.59 Å². The van der Waals surface area contributed by atoms with E-state index in [1.54, 1.807) is 35.2 Å². The second-order valence-electron chi connectivity index (χ2n) is 8.25. The maximum atomic E-state index is 13.4. The molecule has 1 saturated heterocycles. The Morgan fingerprint density at radius 2 is 2.03 bits per heavy atom. The standard InChI is InChI=1S/C24H23FN2O2/c25-20-7-2-6-19(14-20)22(28)13-17-5-3-9-24(15-17)10-11-27(23(24)29)21-8-1-4-18(12-21)16-26/h1-2,4,6-8,12,14,17H,3,5,9-11,13,15H2/t17-,24+/m1/s1. The zero-order chi connectivity index (χ0) is 20.4. The number of rotatable bonds is 4. The van der Waals surface area contributed by atoms with Crippen molar-refractivity contribution in [1.82, 2.24) is 0 Å². The number of amides is 1. The van der Waals surface area contributed by atoms with Crippen LogP contribution in [-0.2, 0) is 4.79 Å². The molecule has 4 rings (SSSR count). The van der Waals surface area contributed by atoms with Gasteiger partial charge in [-0.25, -0.2) is 4.39 Å². The van der Waals surface area contributed by atoms with Gasteiger partial charge < -0.3 is 4.90 Å². The number of nitriles is 1. The summed E-state index contributed by atoms with van der Waals surface area (Å²) in [6.45, 7) is 0.637. The van der Waals surface area contributed by atoms with E-state index in [0.717, 1.165) is 31.4 Å². The molecule has 0 aromatic heterocycles. The minimum absolute atomic E-state index is 0.0597. The van der Waals surface area contributed by atoms with Gasteiger partial charge in [0.15, 0.2) is 5.78 Å². The van der Waals surface area contributed by atoms with E-state index in [-0.39, 0.29) is 17.6 Å². The van der Waals surface area contributed by atoms with Gasteiger partial charge in [-0.1, -0.05) is 24.6 Å². The maximum Gasteiger partial charge on any atom is 0.233 e. The highest BCUT2D eigenvalue weighted by atomic mass is 19.1. The molecule has 1 amide bonds. The van der Waals surface area contributed by atoms with Crippen LogP contribution >= 0.6 is 0 Å². The third-order valence-corrected chi connectivity index (χ3v) is 6.37. The number of hydrogen-bond donors (Lipinski definition) is 0. The normalized spacial score (nSPS) is 23.9. The Bertz CT molecular complexity index is 996. The van der Waals surface area contributed by atoms with E-state index in [1.165, 1.54) is 12.1 Å². The summed E-state index contributed by atoms with van der Waals surface area (Å²) in [6, 6.07) is 15.1. The fourth-order valence-corrected chi connectivity index (χ4v) is 4.93. The molecular formula is C24H23FN2O2. The van der Waals surface area contributed by atoms with Gasteiger partial charge in [0, 0.05) is 24.2 Å². The monoisotopic (exact) mass is 390 g/mol. The highest BCUT2D eigenvalue weighted by Gasteiger charge is 2.49. The average molecular weight is 390 g/mol. The molecule has 1 saturated carbocycles. The molecule has 148 valence electrons. The zero-order valence-electron chi connectivity index (χ0n) is 16.2. The summed E-state index contributed by atoms with van der Waals surface area (Å²) in [5.74, 6) is -0.225. The third-order valence-electron chi connectivity index (χ3n) is 6.37. The highest BCUT2D eigenvalue weighted by Crippen LogP contribution is 2.48. The zero-order valence-corrected chi connectivity index (χ0v) is 16.2. The Kier molecular flexibility index (Phi) is 5.19. The molecule has 2 aromatic carbocycles. The highest BCUT2D eigenvalue weighted by molar-refractivity contribution is 6.00. The lowest BCUT2D eigenvalue weighted by Crippen LogP contribution is -2.38. The molecule has 0 N–H and O–H groups in total. The Morgan fingerprint density at radius 3 is 2.83 bits per heavy atom. The molecule has 2 atom stereocenters. The third kappa shape index (κ3) is 3.80. The van der Waals surface area contributed by atoms with Gasteiger partial charge in [0.05, 0.1) is 17.0 Å². The molecule has 1 aliphatic carbocycles. The van der Waals surface area contributed by atoms with Crippen LogP contribution in [0.4, 0.5) is 10.1 Å². The van der Waals surface area contributed by atoms with Gasteiger partial charge in [0.2, 0.25) is 5.91 Å². The number of hydrogen-bond acceptors (Lipinski definition) is 3. The summed E-state index contributed by atoms with van der Waals surface area (Å²) in [7, 11) is 0. The van der Waals surface area contributed by atoms with Crippen LogP contribution in [0.3, 0.4) is 0 Å². The number of anilines is 1. The fourth-order valence-electron chi connectivity index (χ4n) is 4.93. The van der Waals surface area contributed by atoms with Crippen molar-refractivity contribution in [2.45, 2.75) is 38.5 Å². The first-order chi connectivity index (χ1) is 14.0. The van der Waals surface area contributed by atoms with E-state index in [1.807, 2.05) is 6.07 Å². The molecule has 1 spiro atoms. The molecular weight excluding hydrogens is 367 g/mol. The van der Waals surface area contributed by atoms with E-state index in [4.69, 9.17) is 5.26 Å². The topological polar surface area (TPSA) is 61.2 Å². The van der Waals surface area contributed by atoms with E-state index in [2.05, 4.69) is 6.07 Å². The average Bonchev–Trinajstić information content (AvgIpc) is 3.03. The number of nitrogens with zero attached hydrogens (tertiary/aromatic N) is 2. The van der Waals surface area contributed by atoms with Crippen molar-refractivity contribution >= 4 is 17.4 Å². The molecule has 5 heteroatoms. The lowest BCUT2D eigenvalue weighted by molar-refractivity contribution is -0.128. The summed E-state index contributed by atoms with van der Waals surface area (Å²) >= 11 is 0. The van der Waals surface area contributed by atoms with Gasteiger partial charge >= 0.3 is 0 Å². The number of Topliss-reactive ketones (excluding diaryl/α,β-unsaturated/α-hetero) is 1. The van der Waals surface area contributed by atoms with Crippen LogP contribution in [0.5, 0.6) is 0 Å². The van der Waals surface area contributed by atoms with Crippen molar-refractivity contribution in [2.75, 3.05) is 11.4 Å². The Hall–Kier alpha value is -3.00. The Balaban J connectivity index is 1.48. The first kappa shape index (κ1) is 19.3. The summed E-state index contributed by atoms with van der Waals surface area (Å²) in [5, 5.41) is 9.13. The Morgan fingerprint density at radius 1 is 1.21 bits per heavy atom. The molecule has 2 aliphatic rings. The van der Waals surface area contributed by atoms with E-state index in [0.29, 0.717) is 30.5 Å². The van der Waals surface area contributed by atoms with Gasteiger partial charge in [0.1, 0.15) is 5.82 Å². The van der Waals surface area contributed by atoms with Crippen molar-refractivity contribution in [2.24, 2.45) is 11.3 Å². The van der Waals surface area contributed by atoms with E-state index >= 15 is 0 Å². The summed E-state index contributed by atoms with van der Waals surface area (Å²) < 4.78 is 13.4. The SMILES string of the molecule is N#Cc1cccc(N2CC[C@]3(CCC[C@H](CC(=O)c4cccc(F)c4)C3)C2=O)c1. The summed E-state index contributed by atoms with van der Waals surface area (Å²) in [5.41, 5.74) is 1.29. The summed E-state index contributed by atoms with van der Waals surface area (Å²) in [4.78, 5) is 27.7. The second-order valence-corrected chi connectivity index (χ2v) is 8.25. The number of benzene rings is 2. The molecule has 4 nitrogen and oxygen atoms in total. The van der Waals surface area contributed by atoms with Crippen molar-refractivity contribution in [1.29, 1.82) is 5.26 Å².